The van der Waals surface area contributed by atoms with Gasteiger partial charge in [-0.1, -0.05) is 183 Å². The summed E-state index contributed by atoms with van der Waals surface area (Å²) in [6.07, 6.45) is 0. The van der Waals surface area contributed by atoms with E-state index in [1.54, 1.807) is 0 Å². The Labute approximate surface area is 462 Å². The maximum absolute atomic E-state index is 6.76. The second-order valence-corrected chi connectivity index (χ2v) is 21.4. The van der Waals surface area contributed by atoms with E-state index in [4.69, 9.17) is 25.5 Å². The molecule has 0 radical (unpaired) electrons. The van der Waals surface area contributed by atoms with Gasteiger partial charge in [-0.25, -0.2) is 0 Å². The monoisotopic (exact) mass is 1020 g/mol. The van der Waals surface area contributed by atoms with Crippen LogP contribution in [-0.2, 0) is 0 Å². The van der Waals surface area contributed by atoms with Crippen LogP contribution < -0.4 is 18.9 Å². The molecule has 0 heterocycles. The summed E-state index contributed by atoms with van der Waals surface area (Å²) >= 11 is 0. The molecule has 0 bridgehead atoms. The fraction of sp³-hybridized carbons (Fsp3) is 0.162. The molecular weight excluding hydrogens is 953 g/mol. The lowest BCUT2D eigenvalue weighted by atomic mass is 9.88. The molecule has 10 aromatic rings. The molecule has 0 fully saturated rings. The number of benzene rings is 10. The Morgan fingerprint density at radius 2 is 0.474 bits per heavy atom. The summed E-state index contributed by atoms with van der Waals surface area (Å²) in [6, 6.07) is 80.0. The molecular formula is C74H68O4. The first-order valence-electron chi connectivity index (χ1n) is 27.3. The Morgan fingerprint density at radius 1 is 0.269 bits per heavy atom. The van der Waals surface area contributed by atoms with E-state index in [0.29, 0.717) is 23.7 Å². The van der Waals surface area contributed by atoms with Crippen LogP contribution in [0.25, 0.3) is 50.1 Å². The molecule has 0 unspecified atom stereocenters. The first kappa shape index (κ1) is 52.6. The Bertz CT molecular complexity index is 3200. The van der Waals surface area contributed by atoms with E-state index in [2.05, 4.69) is 237 Å². The summed E-state index contributed by atoms with van der Waals surface area (Å²) in [6.45, 7) is 22.6. The van der Waals surface area contributed by atoms with Gasteiger partial charge in [0.15, 0.2) is 0 Å². The highest BCUT2D eigenvalue weighted by Crippen LogP contribution is 2.45. The maximum atomic E-state index is 6.76. The first-order chi connectivity index (χ1) is 37.8. The summed E-state index contributed by atoms with van der Waals surface area (Å²) in [7, 11) is 0. The van der Waals surface area contributed by atoms with E-state index in [-0.39, 0.29) is 0 Å². The van der Waals surface area contributed by atoms with Gasteiger partial charge in [0.25, 0.3) is 0 Å². The SMILES string of the molecule is C=C(c1cc(-c2ccccc2Oc2ccc(C(C)C)cc2)cc(-c2ccccc2Oc2ccc(C(C)C)cc2)c1)c1cc(-c2ccccc2Oc2ccc(C(C)C)cc2)cc(-c2ccccc2Oc2ccc(C(C)C)cc2)c1. The normalized spacial score (nSPS) is 11.3. The Kier molecular flexibility index (Phi) is 15.9. The smallest absolute Gasteiger partial charge is 0.135 e. The summed E-state index contributed by atoms with van der Waals surface area (Å²) in [5.41, 5.74) is 15.4. The fourth-order valence-electron chi connectivity index (χ4n) is 9.76. The predicted octanol–water partition coefficient (Wildman–Crippen LogP) is 22.1. The number of rotatable bonds is 18. The molecule has 10 aromatic carbocycles. The molecule has 0 amide bonds. The largest absolute Gasteiger partial charge is 0.457 e. The van der Waals surface area contributed by atoms with Crippen molar-refractivity contribution in [1.82, 2.24) is 0 Å². The van der Waals surface area contributed by atoms with Crippen molar-refractivity contribution in [3.05, 3.63) is 270 Å². The number of para-hydroxylation sites is 4. The van der Waals surface area contributed by atoms with Crippen molar-refractivity contribution in [2.45, 2.75) is 79.1 Å². The molecule has 0 aliphatic carbocycles. The molecule has 0 saturated heterocycles. The highest BCUT2D eigenvalue weighted by Gasteiger charge is 2.20. The van der Waals surface area contributed by atoms with Crippen LogP contribution in [-0.4, -0.2) is 0 Å². The van der Waals surface area contributed by atoms with Crippen molar-refractivity contribution >= 4 is 5.57 Å². The molecule has 0 atom stereocenters. The van der Waals surface area contributed by atoms with Gasteiger partial charge < -0.3 is 18.9 Å². The van der Waals surface area contributed by atoms with Crippen LogP contribution in [0.1, 0.15) is 112 Å². The van der Waals surface area contributed by atoms with Gasteiger partial charge in [-0.3, -0.25) is 0 Å². The standard InChI is InChI=1S/C74H68O4/c1-48(2)53-26-34-63(35-27-53)75-71-22-14-10-18-67(71)59-42-57(43-60(46-59)68-19-11-15-23-72(68)76-64-36-28-54(29-37-64)49(3)4)52(9)58-44-61(69-20-12-16-24-73(69)77-65-38-30-55(31-39-65)50(5)6)47-62(45-58)70-21-13-17-25-74(70)78-66-40-32-56(33-41-66)51(7)8/h10-51H,9H2,1-8H3. The van der Waals surface area contributed by atoms with Crippen molar-refractivity contribution in [2.24, 2.45) is 0 Å². The van der Waals surface area contributed by atoms with Gasteiger partial charge in [-0.15, -0.1) is 0 Å². The summed E-state index contributed by atoms with van der Waals surface area (Å²) in [5.74, 6) is 7.71. The highest BCUT2D eigenvalue weighted by molar-refractivity contribution is 5.91. The molecule has 4 heteroatoms. The minimum absolute atomic E-state index is 0.412. The van der Waals surface area contributed by atoms with Gasteiger partial charge in [-0.05, 0) is 194 Å². The lowest BCUT2D eigenvalue weighted by Gasteiger charge is -2.19. The van der Waals surface area contributed by atoms with Crippen LogP contribution >= 0.6 is 0 Å². The van der Waals surface area contributed by atoms with Crippen LogP contribution in [0.4, 0.5) is 0 Å². The van der Waals surface area contributed by atoms with E-state index in [9.17, 15) is 0 Å². The number of ether oxygens (including phenoxy) is 4. The average molecular weight is 1020 g/mol. The molecule has 4 nitrogen and oxygen atoms in total. The van der Waals surface area contributed by atoms with Crippen molar-refractivity contribution in [1.29, 1.82) is 0 Å². The van der Waals surface area contributed by atoms with E-state index >= 15 is 0 Å². The molecule has 0 N–H and O–H groups in total. The Balaban J connectivity index is 1.13. The average Bonchev–Trinajstić information content (AvgIpc) is 3.47. The zero-order chi connectivity index (χ0) is 54.3. The molecule has 0 aromatic heterocycles. The van der Waals surface area contributed by atoms with Crippen LogP contribution in [0, 0.1) is 0 Å². The fourth-order valence-corrected chi connectivity index (χ4v) is 9.76. The van der Waals surface area contributed by atoms with Crippen molar-refractivity contribution in [3.8, 4) is 90.5 Å². The zero-order valence-corrected chi connectivity index (χ0v) is 46.1. The van der Waals surface area contributed by atoms with Crippen LogP contribution in [0.3, 0.4) is 0 Å². The third-order valence-corrected chi connectivity index (χ3v) is 14.5. The second-order valence-electron chi connectivity index (χ2n) is 21.4. The van der Waals surface area contributed by atoms with E-state index < -0.39 is 0 Å². The summed E-state index contributed by atoms with van der Waals surface area (Å²) in [5, 5.41) is 0. The lowest BCUT2D eigenvalue weighted by molar-refractivity contribution is 0.483. The minimum Gasteiger partial charge on any atom is -0.457 e. The van der Waals surface area contributed by atoms with Crippen molar-refractivity contribution in [3.63, 3.8) is 0 Å². The molecule has 78 heavy (non-hydrogen) atoms. The Morgan fingerprint density at radius 3 is 0.679 bits per heavy atom. The Hall–Kier alpha value is -8.86. The number of hydrogen-bond acceptors (Lipinski definition) is 4. The maximum Gasteiger partial charge on any atom is 0.135 e. The lowest BCUT2D eigenvalue weighted by Crippen LogP contribution is -1.96. The zero-order valence-electron chi connectivity index (χ0n) is 46.1. The van der Waals surface area contributed by atoms with Crippen molar-refractivity contribution < 1.29 is 18.9 Å². The molecule has 0 aliphatic rings. The van der Waals surface area contributed by atoms with Gasteiger partial charge in [0.2, 0.25) is 0 Å². The van der Waals surface area contributed by atoms with Gasteiger partial charge in [0.05, 0.1) is 0 Å². The second kappa shape index (κ2) is 23.6. The van der Waals surface area contributed by atoms with E-state index in [1.165, 1.54) is 22.3 Å². The van der Waals surface area contributed by atoms with Gasteiger partial charge in [-0.2, -0.15) is 0 Å². The topological polar surface area (TPSA) is 36.9 Å². The highest BCUT2D eigenvalue weighted by atomic mass is 16.5. The minimum atomic E-state index is 0.412. The van der Waals surface area contributed by atoms with E-state index in [0.717, 1.165) is 107 Å². The third kappa shape index (κ3) is 12.2. The molecule has 0 aliphatic heterocycles. The first-order valence-corrected chi connectivity index (χ1v) is 27.3. The molecule has 388 valence electrons. The van der Waals surface area contributed by atoms with Crippen LogP contribution in [0.15, 0.2) is 237 Å². The predicted molar refractivity (Wildman–Crippen MR) is 325 cm³/mol. The molecule has 0 spiro atoms. The summed E-state index contributed by atoms with van der Waals surface area (Å²) in [4.78, 5) is 0. The quantitative estimate of drug-likeness (QED) is 0.0858. The summed E-state index contributed by atoms with van der Waals surface area (Å²) < 4.78 is 27.0. The van der Waals surface area contributed by atoms with Crippen LogP contribution in [0.5, 0.6) is 46.0 Å². The number of hydrogen-bond donors (Lipinski definition) is 0. The van der Waals surface area contributed by atoms with E-state index in [1.807, 2.05) is 48.5 Å². The van der Waals surface area contributed by atoms with Crippen LogP contribution in [0.2, 0.25) is 0 Å². The molecule has 10 rings (SSSR count). The van der Waals surface area contributed by atoms with Gasteiger partial charge in [0.1, 0.15) is 46.0 Å². The van der Waals surface area contributed by atoms with Gasteiger partial charge in [0, 0.05) is 22.3 Å². The molecule has 0 saturated carbocycles. The van der Waals surface area contributed by atoms with Crippen molar-refractivity contribution in [2.75, 3.05) is 0 Å². The van der Waals surface area contributed by atoms with Gasteiger partial charge >= 0.3 is 0 Å². The third-order valence-electron chi connectivity index (χ3n) is 14.5.